The number of benzene rings is 2. The Morgan fingerprint density at radius 1 is 0.952 bits per heavy atom. The maximum absolute atomic E-state index is 4.05. The Morgan fingerprint density at radius 2 is 1.48 bits per heavy atom. The third-order valence-electron chi connectivity index (χ3n) is 4.08. The zero-order valence-corrected chi connectivity index (χ0v) is 13.0. The summed E-state index contributed by atoms with van der Waals surface area (Å²) in [4.78, 5) is 0. The third kappa shape index (κ3) is 4.05. The first kappa shape index (κ1) is 15.5. The zero-order valence-electron chi connectivity index (χ0n) is 13.0. The molecule has 0 radical (unpaired) electrons. The van der Waals surface area contributed by atoms with E-state index in [2.05, 4.69) is 92.5 Å². The Labute approximate surface area is 128 Å². The van der Waals surface area contributed by atoms with E-state index in [-0.39, 0.29) is 0 Å². The minimum absolute atomic E-state index is 0.335. The van der Waals surface area contributed by atoms with E-state index in [0.29, 0.717) is 18.0 Å². The van der Waals surface area contributed by atoms with Gasteiger partial charge in [0.25, 0.3) is 0 Å². The van der Waals surface area contributed by atoms with Crippen LogP contribution in [0.1, 0.15) is 43.4 Å². The summed E-state index contributed by atoms with van der Waals surface area (Å²) in [6.45, 7) is 8.50. The summed E-state index contributed by atoms with van der Waals surface area (Å²) in [6.07, 6.45) is 3.14. The fourth-order valence-electron chi connectivity index (χ4n) is 2.84. The Morgan fingerprint density at radius 3 is 1.95 bits per heavy atom. The highest BCUT2D eigenvalue weighted by molar-refractivity contribution is 5.26. The molecule has 1 nitrogen and oxygen atoms in total. The first-order valence-electron chi connectivity index (χ1n) is 7.74. The van der Waals surface area contributed by atoms with Gasteiger partial charge in [-0.2, -0.15) is 0 Å². The number of nitrogens with one attached hydrogen (secondary N) is 1. The fraction of sp³-hybridized carbons (Fsp3) is 0.300. The molecule has 0 saturated heterocycles. The second kappa shape index (κ2) is 7.80. The summed E-state index contributed by atoms with van der Waals surface area (Å²) in [5.74, 6) is 0.336. The Hall–Kier alpha value is -1.86. The number of hydrogen-bond donors (Lipinski definition) is 1. The van der Waals surface area contributed by atoms with Crippen molar-refractivity contribution in [1.82, 2.24) is 5.32 Å². The minimum Gasteiger partial charge on any atom is -0.307 e. The molecule has 1 N–H and O–H groups in total. The molecule has 0 heterocycles. The highest BCUT2D eigenvalue weighted by Crippen LogP contribution is 2.25. The van der Waals surface area contributed by atoms with Gasteiger partial charge >= 0.3 is 0 Å². The van der Waals surface area contributed by atoms with Crippen LogP contribution < -0.4 is 5.32 Å². The molecule has 0 aliphatic rings. The van der Waals surface area contributed by atoms with E-state index in [1.165, 1.54) is 11.1 Å². The monoisotopic (exact) mass is 279 g/mol. The Bertz CT molecular complexity index is 532. The molecule has 2 aromatic carbocycles. The molecule has 0 spiro atoms. The normalized spacial score (nSPS) is 15.1. The molecule has 0 unspecified atom stereocenters. The number of hydrogen-bond acceptors (Lipinski definition) is 1. The van der Waals surface area contributed by atoms with E-state index in [1.54, 1.807) is 0 Å². The lowest BCUT2D eigenvalue weighted by atomic mass is 9.89. The molecule has 0 fully saturated rings. The third-order valence-corrected chi connectivity index (χ3v) is 4.08. The molecule has 0 saturated carbocycles. The first-order valence-corrected chi connectivity index (χ1v) is 7.74. The summed E-state index contributed by atoms with van der Waals surface area (Å²) >= 11 is 0. The summed E-state index contributed by atoms with van der Waals surface area (Å²) in [7, 11) is 0. The van der Waals surface area contributed by atoms with E-state index >= 15 is 0 Å². The van der Waals surface area contributed by atoms with Crippen LogP contribution in [-0.2, 0) is 0 Å². The van der Waals surface area contributed by atoms with Gasteiger partial charge in [0, 0.05) is 18.0 Å². The van der Waals surface area contributed by atoms with Gasteiger partial charge in [0.05, 0.1) is 0 Å². The lowest BCUT2D eigenvalue weighted by Gasteiger charge is -2.28. The van der Waals surface area contributed by atoms with E-state index < -0.39 is 0 Å². The summed E-state index contributed by atoms with van der Waals surface area (Å²) < 4.78 is 0. The van der Waals surface area contributed by atoms with Crippen LogP contribution in [-0.4, -0.2) is 6.04 Å². The maximum Gasteiger partial charge on any atom is 0.0294 e. The molecule has 0 aromatic heterocycles. The topological polar surface area (TPSA) is 12.0 Å². The number of rotatable bonds is 7. The lowest BCUT2D eigenvalue weighted by Crippen LogP contribution is -2.35. The van der Waals surface area contributed by atoms with Crippen molar-refractivity contribution >= 4 is 0 Å². The van der Waals surface area contributed by atoms with Crippen molar-refractivity contribution in [2.24, 2.45) is 0 Å². The summed E-state index contributed by atoms with van der Waals surface area (Å²) in [5, 5.41) is 3.76. The molecular formula is C20H25N. The maximum atomic E-state index is 4.05. The molecule has 0 amide bonds. The fourth-order valence-corrected chi connectivity index (χ4v) is 2.84. The van der Waals surface area contributed by atoms with Gasteiger partial charge < -0.3 is 5.32 Å². The molecule has 110 valence electrons. The van der Waals surface area contributed by atoms with Gasteiger partial charge in [-0.05, 0) is 24.5 Å². The van der Waals surface area contributed by atoms with Gasteiger partial charge in [-0.25, -0.2) is 0 Å². The van der Waals surface area contributed by atoms with Gasteiger partial charge in [-0.3, -0.25) is 0 Å². The van der Waals surface area contributed by atoms with Crippen molar-refractivity contribution in [3.8, 4) is 0 Å². The van der Waals surface area contributed by atoms with Crippen molar-refractivity contribution in [2.45, 2.75) is 38.3 Å². The molecule has 21 heavy (non-hydrogen) atoms. The van der Waals surface area contributed by atoms with Crippen LogP contribution in [0.25, 0.3) is 0 Å². The van der Waals surface area contributed by atoms with Crippen LogP contribution in [0.2, 0.25) is 0 Å². The van der Waals surface area contributed by atoms with E-state index in [0.717, 1.165) is 6.42 Å². The Balaban J connectivity index is 2.13. The van der Waals surface area contributed by atoms with E-state index in [4.69, 9.17) is 0 Å². The van der Waals surface area contributed by atoms with Gasteiger partial charge in [0.1, 0.15) is 0 Å². The van der Waals surface area contributed by atoms with Crippen molar-refractivity contribution in [3.05, 3.63) is 84.4 Å². The molecule has 0 aliphatic carbocycles. The van der Waals surface area contributed by atoms with Crippen molar-refractivity contribution < 1.29 is 0 Å². The molecular weight excluding hydrogens is 254 g/mol. The highest BCUT2D eigenvalue weighted by atomic mass is 14.9. The second-order valence-electron chi connectivity index (χ2n) is 5.49. The minimum atomic E-state index is 0.335. The molecule has 2 aromatic rings. The molecule has 1 heteroatoms. The van der Waals surface area contributed by atoms with E-state index in [9.17, 15) is 0 Å². The molecule has 0 bridgehead atoms. The zero-order chi connectivity index (χ0) is 15.1. The molecule has 2 rings (SSSR count). The van der Waals surface area contributed by atoms with Gasteiger partial charge in [0.2, 0.25) is 0 Å². The summed E-state index contributed by atoms with van der Waals surface area (Å²) in [5.41, 5.74) is 2.65. The van der Waals surface area contributed by atoms with Crippen LogP contribution in [0.4, 0.5) is 0 Å². The van der Waals surface area contributed by atoms with Crippen LogP contribution in [0, 0.1) is 0 Å². The van der Waals surface area contributed by atoms with Gasteiger partial charge in [-0.1, -0.05) is 73.7 Å². The quantitative estimate of drug-likeness (QED) is 0.696. The van der Waals surface area contributed by atoms with Crippen LogP contribution in [0.3, 0.4) is 0 Å². The first-order chi connectivity index (χ1) is 10.3. The van der Waals surface area contributed by atoms with Crippen molar-refractivity contribution in [1.29, 1.82) is 0 Å². The highest BCUT2D eigenvalue weighted by Gasteiger charge is 2.20. The largest absolute Gasteiger partial charge is 0.307 e. The van der Waals surface area contributed by atoms with Crippen LogP contribution in [0.5, 0.6) is 0 Å². The van der Waals surface area contributed by atoms with Gasteiger partial charge in [-0.15, -0.1) is 6.58 Å². The standard InChI is InChI=1S/C20H25N/c1-4-19(18-14-10-7-11-15-18)20(5-2)21-16(3)17-12-8-6-9-13-17/h4,6-16,19-21H,1,5H2,2-3H3/t16-,19-,20+/m1/s1. The van der Waals surface area contributed by atoms with Crippen LogP contribution >= 0.6 is 0 Å². The molecule has 3 atom stereocenters. The van der Waals surface area contributed by atoms with E-state index in [1.807, 2.05) is 0 Å². The van der Waals surface area contributed by atoms with Crippen molar-refractivity contribution in [3.63, 3.8) is 0 Å². The Kier molecular flexibility index (Phi) is 5.77. The molecule has 0 aliphatic heterocycles. The average molecular weight is 279 g/mol. The predicted octanol–water partition coefficient (Wildman–Crippen LogP) is 5.09. The SMILES string of the molecule is C=C[C@H](c1ccccc1)[C@H](CC)N[C@H](C)c1ccccc1. The van der Waals surface area contributed by atoms with Crippen LogP contribution in [0.15, 0.2) is 73.3 Å². The smallest absolute Gasteiger partial charge is 0.0294 e. The average Bonchev–Trinajstić information content (AvgIpc) is 2.56. The lowest BCUT2D eigenvalue weighted by molar-refractivity contribution is 0.414. The summed E-state index contributed by atoms with van der Waals surface area (Å²) in [6, 6.07) is 21.9. The second-order valence-corrected chi connectivity index (χ2v) is 5.49. The van der Waals surface area contributed by atoms with Crippen molar-refractivity contribution in [2.75, 3.05) is 0 Å². The predicted molar refractivity (Wildman–Crippen MR) is 91.5 cm³/mol. The van der Waals surface area contributed by atoms with Gasteiger partial charge in [0.15, 0.2) is 0 Å².